The number of nitrogens with one attached hydrogen (secondary N) is 2. The number of hydrogen-bond donors (Lipinski definition) is 2. The number of nitriles is 1. The minimum Gasteiger partial charge on any atom is -0.489 e. The van der Waals surface area contributed by atoms with Gasteiger partial charge in [-0.3, -0.25) is 39.1 Å². The maximum absolute atomic E-state index is 13.5. The first-order chi connectivity index (χ1) is 27.6. The van der Waals surface area contributed by atoms with E-state index >= 15 is 0 Å². The molecule has 3 aromatic carbocycles. The van der Waals surface area contributed by atoms with Gasteiger partial charge in [-0.15, -0.1) is 0 Å². The van der Waals surface area contributed by atoms with Crippen molar-refractivity contribution >= 4 is 46.8 Å². The molecule has 3 aromatic rings. The van der Waals surface area contributed by atoms with E-state index in [9.17, 15) is 29.2 Å². The van der Waals surface area contributed by atoms with Crippen LogP contribution in [0.25, 0.3) is 0 Å². The number of amides is 5. The van der Waals surface area contributed by atoms with Gasteiger partial charge < -0.3 is 15.0 Å². The number of fused-ring (bicyclic) bond motifs is 2. The number of piperidine rings is 2. The van der Waals surface area contributed by atoms with Crippen LogP contribution in [0, 0.1) is 28.1 Å². The van der Waals surface area contributed by atoms with E-state index in [1.54, 1.807) is 18.2 Å². The highest BCUT2D eigenvalue weighted by molar-refractivity contribution is 6.31. The Bertz CT molecular complexity index is 2180. The summed E-state index contributed by atoms with van der Waals surface area (Å²) in [4.78, 5) is 69.8. The van der Waals surface area contributed by atoms with Crippen LogP contribution < -0.4 is 20.3 Å². The zero-order chi connectivity index (χ0) is 41.1. The monoisotopic (exact) mass is 804 g/mol. The number of rotatable bonds is 10. The van der Waals surface area contributed by atoms with Gasteiger partial charge in [0.2, 0.25) is 11.8 Å². The topological polar surface area (TPSA) is 152 Å². The van der Waals surface area contributed by atoms with Crippen LogP contribution in [0.3, 0.4) is 0 Å². The normalized spacial score (nSPS) is 23.8. The first kappa shape index (κ1) is 39.6. The van der Waals surface area contributed by atoms with Crippen molar-refractivity contribution in [1.29, 1.82) is 5.26 Å². The summed E-state index contributed by atoms with van der Waals surface area (Å²) in [5.74, 6) is -0.783. The predicted molar refractivity (Wildman–Crippen MR) is 217 cm³/mol. The molecule has 5 amide bonds. The Balaban J connectivity index is 0.778. The summed E-state index contributed by atoms with van der Waals surface area (Å²) in [7, 11) is 0. The van der Waals surface area contributed by atoms with E-state index in [1.165, 1.54) is 0 Å². The third-order valence-corrected chi connectivity index (χ3v) is 13.5. The standard InChI is InChI=1S/C45H49ClN6O6/c1-44(2)42(45(3,4)43(44)58-32-12-9-28(23-47)35(46)22-32)49-38(54)27-7-10-31(11-8-27)51-18-15-26(16-19-51)6-5-17-50-24-29-20-33-34(21-30(29)25-50)41(57)52(40(33)56)36-13-14-37(53)48-39(36)55/h7-12,20-22,26,36,42-43H,5-6,13-19,24-25H2,1-4H3,(H,49,54)(H,48,53,55)/t36?,42-,43-. The highest BCUT2D eigenvalue weighted by Crippen LogP contribution is 2.55. The minimum absolute atomic E-state index is 0.100. The first-order valence-corrected chi connectivity index (χ1v) is 20.7. The lowest BCUT2D eigenvalue weighted by molar-refractivity contribution is -0.164. The van der Waals surface area contributed by atoms with Crippen molar-refractivity contribution < 1.29 is 28.7 Å². The largest absolute Gasteiger partial charge is 0.489 e. The van der Waals surface area contributed by atoms with E-state index in [4.69, 9.17) is 16.3 Å². The van der Waals surface area contributed by atoms with Gasteiger partial charge in [-0.05, 0) is 104 Å². The molecule has 1 unspecified atom stereocenters. The van der Waals surface area contributed by atoms with Crippen molar-refractivity contribution in [3.05, 3.63) is 93.0 Å². The van der Waals surface area contributed by atoms with Crippen molar-refractivity contribution in [3.63, 3.8) is 0 Å². The third kappa shape index (κ3) is 7.13. The smallest absolute Gasteiger partial charge is 0.262 e. The summed E-state index contributed by atoms with van der Waals surface area (Å²) in [6.07, 6.45) is 4.47. The fourth-order valence-corrected chi connectivity index (χ4v) is 10.5. The van der Waals surface area contributed by atoms with E-state index in [0.717, 1.165) is 80.1 Å². The number of hydrogen-bond acceptors (Lipinski definition) is 9. The molecule has 1 saturated carbocycles. The SMILES string of the molecule is CC1(C)[C@H](NC(=O)c2ccc(N3CCC(CCCN4Cc5cc6c(cc5C4)C(=O)N(C4CCC(=O)NC4=O)C6=O)CC3)cc2)C(C)(C)[C@H]1Oc1ccc(C#N)c(Cl)c1. The highest BCUT2D eigenvalue weighted by atomic mass is 35.5. The van der Waals surface area contributed by atoms with Crippen molar-refractivity contribution in [2.75, 3.05) is 24.5 Å². The van der Waals surface area contributed by atoms with E-state index in [-0.39, 0.29) is 47.6 Å². The van der Waals surface area contributed by atoms with Crippen LogP contribution in [0.5, 0.6) is 5.75 Å². The molecule has 2 N–H and O–H groups in total. The zero-order valence-electron chi connectivity index (χ0n) is 33.4. The van der Waals surface area contributed by atoms with E-state index < -0.39 is 23.8 Å². The number of halogens is 1. The van der Waals surface area contributed by atoms with Crippen molar-refractivity contribution in [2.45, 2.75) is 97.5 Å². The molecule has 3 fully saturated rings. The van der Waals surface area contributed by atoms with Crippen LogP contribution >= 0.6 is 11.6 Å². The van der Waals surface area contributed by atoms with Gasteiger partial charge in [-0.2, -0.15) is 5.26 Å². The third-order valence-electron chi connectivity index (χ3n) is 13.2. The quantitative estimate of drug-likeness (QED) is 0.227. The summed E-state index contributed by atoms with van der Waals surface area (Å²) in [6, 6.07) is 17.6. The molecule has 58 heavy (non-hydrogen) atoms. The Kier molecular flexibility index (Phi) is 10.3. The average Bonchev–Trinajstić information content (AvgIpc) is 3.71. The Hall–Kier alpha value is -5.25. The van der Waals surface area contributed by atoms with Gasteiger partial charge in [0.05, 0.1) is 21.7 Å². The molecule has 4 aliphatic heterocycles. The maximum Gasteiger partial charge on any atom is 0.262 e. The van der Waals surface area contributed by atoms with Gasteiger partial charge >= 0.3 is 0 Å². The number of imide groups is 2. The lowest BCUT2D eigenvalue weighted by Crippen LogP contribution is -2.74. The molecule has 1 aliphatic carbocycles. The molecule has 8 rings (SSSR count). The van der Waals surface area contributed by atoms with Crippen LogP contribution in [0.1, 0.15) is 114 Å². The van der Waals surface area contributed by atoms with Crippen LogP contribution in [0.4, 0.5) is 5.69 Å². The second-order valence-corrected chi connectivity index (χ2v) is 18.2. The Morgan fingerprint density at radius 3 is 2.14 bits per heavy atom. The Morgan fingerprint density at radius 2 is 1.55 bits per heavy atom. The maximum atomic E-state index is 13.5. The number of ether oxygens (including phenoxy) is 1. The van der Waals surface area contributed by atoms with Crippen LogP contribution in [0.2, 0.25) is 5.02 Å². The number of nitrogens with zero attached hydrogens (tertiary/aromatic N) is 4. The van der Waals surface area contributed by atoms with Gasteiger partial charge in [-0.25, -0.2) is 0 Å². The van der Waals surface area contributed by atoms with E-state index in [1.807, 2.05) is 36.4 Å². The van der Waals surface area contributed by atoms with Crippen molar-refractivity contribution in [2.24, 2.45) is 16.7 Å². The minimum atomic E-state index is -0.957. The molecule has 302 valence electrons. The molecule has 13 heteroatoms. The predicted octanol–water partition coefficient (Wildman–Crippen LogP) is 6.24. The zero-order valence-corrected chi connectivity index (χ0v) is 34.2. The lowest BCUT2D eigenvalue weighted by atomic mass is 9.49. The fourth-order valence-electron chi connectivity index (χ4n) is 10.3. The summed E-state index contributed by atoms with van der Waals surface area (Å²) >= 11 is 6.25. The lowest BCUT2D eigenvalue weighted by Gasteiger charge is -2.63. The molecule has 12 nitrogen and oxygen atoms in total. The first-order valence-electron chi connectivity index (χ1n) is 20.3. The molecule has 0 radical (unpaired) electrons. The number of anilines is 1. The molecule has 5 aliphatic rings. The fraction of sp³-hybridized carbons (Fsp3) is 0.467. The number of carbonyl (C=O) groups is 5. The molecule has 1 atom stereocenters. The van der Waals surface area contributed by atoms with Gasteiger partial charge in [0.1, 0.15) is 24.0 Å². The van der Waals surface area contributed by atoms with Gasteiger partial charge in [0.15, 0.2) is 0 Å². The second kappa shape index (κ2) is 15.2. The summed E-state index contributed by atoms with van der Waals surface area (Å²) in [5.41, 5.74) is 4.21. The van der Waals surface area contributed by atoms with Crippen LogP contribution in [0.15, 0.2) is 54.6 Å². The number of carbonyl (C=O) groups excluding carboxylic acids is 5. The van der Waals surface area contributed by atoms with E-state index in [2.05, 4.69) is 54.2 Å². The summed E-state index contributed by atoms with van der Waals surface area (Å²) < 4.78 is 6.38. The van der Waals surface area contributed by atoms with Crippen molar-refractivity contribution in [3.8, 4) is 11.8 Å². The summed E-state index contributed by atoms with van der Waals surface area (Å²) in [6.45, 7) is 12.7. The molecule has 0 aromatic heterocycles. The molecule has 0 spiro atoms. The Morgan fingerprint density at radius 1 is 0.914 bits per heavy atom. The summed E-state index contributed by atoms with van der Waals surface area (Å²) in [5, 5.41) is 15.1. The van der Waals surface area contributed by atoms with Crippen molar-refractivity contribution in [1.82, 2.24) is 20.4 Å². The molecular formula is C45H49ClN6O6. The Labute approximate surface area is 343 Å². The van der Waals surface area contributed by atoms with Gasteiger partial charge in [0, 0.05) is 66.8 Å². The molecule has 2 saturated heterocycles. The van der Waals surface area contributed by atoms with Crippen LogP contribution in [-0.4, -0.2) is 77.2 Å². The highest BCUT2D eigenvalue weighted by Gasteiger charge is 2.64. The van der Waals surface area contributed by atoms with Gasteiger partial charge in [-0.1, -0.05) is 39.3 Å². The second-order valence-electron chi connectivity index (χ2n) is 17.7. The number of benzene rings is 3. The molecule has 0 bridgehead atoms. The molecular weight excluding hydrogens is 756 g/mol. The van der Waals surface area contributed by atoms with Crippen LogP contribution in [-0.2, 0) is 22.7 Å². The van der Waals surface area contributed by atoms with Gasteiger partial charge in [0.25, 0.3) is 17.7 Å². The molecule has 4 heterocycles. The average molecular weight is 805 g/mol. The van der Waals surface area contributed by atoms with E-state index in [0.29, 0.717) is 38.9 Å².